The first kappa shape index (κ1) is 17.8. The molecule has 142 valence electrons. The molecule has 2 aliphatic rings. The fourth-order valence-corrected chi connectivity index (χ4v) is 4.84. The van der Waals surface area contributed by atoms with Crippen molar-refractivity contribution in [2.24, 2.45) is 0 Å². The van der Waals surface area contributed by atoms with Gasteiger partial charge in [0.15, 0.2) is 11.5 Å². The van der Waals surface area contributed by atoms with Gasteiger partial charge in [0.2, 0.25) is 0 Å². The van der Waals surface area contributed by atoms with Crippen molar-refractivity contribution in [2.45, 2.75) is 37.1 Å². The van der Waals surface area contributed by atoms with Crippen LogP contribution in [-0.2, 0) is 5.41 Å². The average molecular weight is 369 g/mol. The maximum absolute atomic E-state index is 11.0. The molecule has 1 heterocycles. The zero-order valence-corrected chi connectivity index (χ0v) is 15.7. The van der Waals surface area contributed by atoms with Crippen molar-refractivity contribution in [3.63, 3.8) is 0 Å². The molecule has 1 spiro atoms. The van der Waals surface area contributed by atoms with Crippen LogP contribution in [0.4, 0.5) is 5.69 Å². The van der Waals surface area contributed by atoms with Crippen LogP contribution in [0.5, 0.6) is 11.5 Å². The van der Waals surface area contributed by atoms with E-state index >= 15 is 0 Å². The molecule has 4 rings (SSSR count). The van der Waals surface area contributed by atoms with Crippen LogP contribution in [0, 0.1) is 10.1 Å². The van der Waals surface area contributed by atoms with Crippen LogP contribution in [0.15, 0.2) is 36.4 Å². The molecule has 0 bridgehead atoms. The smallest absolute Gasteiger partial charge is 0.269 e. The van der Waals surface area contributed by atoms with Gasteiger partial charge in [0.25, 0.3) is 5.69 Å². The average Bonchev–Trinajstić information content (AvgIpc) is 3.17. The van der Waals surface area contributed by atoms with E-state index in [1.165, 1.54) is 36.8 Å². The van der Waals surface area contributed by atoms with E-state index in [-0.39, 0.29) is 22.1 Å². The highest BCUT2D eigenvalue weighted by Gasteiger charge is 2.45. The molecule has 0 aromatic heterocycles. The first-order valence-corrected chi connectivity index (χ1v) is 9.42. The van der Waals surface area contributed by atoms with Crippen molar-refractivity contribution < 1.29 is 19.7 Å². The molecule has 2 aromatic carbocycles. The molecule has 2 aromatic rings. The van der Waals surface area contributed by atoms with Crippen LogP contribution in [0.2, 0.25) is 0 Å². The summed E-state index contributed by atoms with van der Waals surface area (Å²) in [4.78, 5) is 10.6. The number of ether oxygens (including phenoxy) is 2. The first-order chi connectivity index (χ1) is 13.1. The molecule has 0 amide bonds. The Labute approximate surface area is 158 Å². The number of nitro benzene ring substituents is 1. The van der Waals surface area contributed by atoms with E-state index < -0.39 is 0 Å². The van der Waals surface area contributed by atoms with E-state index in [0.717, 1.165) is 23.6 Å². The molecule has 1 fully saturated rings. The summed E-state index contributed by atoms with van der Waals surface area (Å²) in [7, 11) is 3.33. The number of non-ortho nitro benzene ring substituents is 1. The van der Waals surface area contributed by atoms with Crippen molar-refractivity contribution in [3.05, 3.63) is 63.2 Å². The van der Waals surface area contributed by atoms with Gasteiger partial charge in [-0.25, -0.2) is 0 Å². The van der Waals surface area contributed by atoms with Gasteiger partial charge in [-0.3, -0.25) is 10.1 Å². The maximum Gasteiger partial charge on any atom is 0.269 e. The third kappa shape index (κ3) is 2.94. The molecule has 1 atom stereocenters. The van der Waals surface area contributed by atoms with Gasteiger partial charge in [0, 0.05) is 28.7 Å². The fraction of sp³-hybridized carbons (Fsp3) is 0.429. The quantitative estimate of drug-likeness (QED) is 0.664. The standard InChI is InChI=1S/C21H24N2O4/c1-26-18-11-16-17(12-19(18)27-2)21(9-3-4-10-21)13-22-20(16)14-5-7-15(8-6-14)23(24)25/h5-8,11-12,20,22H,3-4,9-10,13H2,1-2H3/p+1/t20-/m0/s1. The minimum Gasteiger partial charge on any atom is -0.493 e. The Morgan fingerprint density at radius 1 is 1.07 bits per heavy atom. The second-order valence-electron chi connectivity index (χ2n) is 7.55. The molecular formula is C21H25N2O4+. The lowest BCUT2D eigenvalue weighted by molar-refractivity contribution is -0.698. The molecule has 6 heteroatoms. The molecule has 6 nitrogen and oxygen atoms in total. The van der Waals surface area contributed by atoms with E-state index in [4.69, 9.17) is 9.47 Å². The van der Waals surface area contributed by atoms with Gasteiger partial charge in [0.1, 0.15) is 6.04 Å². The second kappa shape index (κ2) is 6.85. The molecule has 1 saturated carbocycles. The number of nitrogens with zero attached hydrogens (tertiary/aromatic N) is 1. The summed E-state index contributed by atoms with van der Waals surface area (Å²) in [6.45, 7) is 1.02. The molecular weight excluding hydrogens is 344 g/mol. The summed E-state index contributed by atoms with van der Waals surface area (Å²) in [5.74, 6) is 1.50. The van der Waals surface area contributed by atoms with E-state index in [1.807, 2.05) is 12.1 Å². The summed E-state index contributed by atoms with van der Waals surface area (Å²) in [6.07, 6.45) is 4.89. The lowest BCUT2D eigenvalue weighted by Crippen LogP contribution is -2.90. The first-order valence-electron chi connectivity index (χ1n) is 9.42. The highest BCUT2D eigenvalue weighted by molar-refractivity contribution is 5.53. The number of rotatable bonds is 4. The zero-order valence-electron chi connectivity index (χ0n) is 15.7. The van der Waals surface area contributed by atoms with Crippen molar-refractivity contribution in [2.75, 3.05) is 20.8 Å². The van der Waals surface area contributed by atoms with Crippen LogP contribution in [0.3, 0.4) is 0 Å². The third-order valence-corrected chi connectivity index (χ3v) is 6.23. The summed E-state index contributed by atoms with van der Waals surface area (Å²) < 4.78 is 11.1. The minimum atomic E-state index is -0.357. The molecule has 0 saturated heterocycles. The summed E-state index contributed by atoms with van der Waals surface area (Å²) in [5.41, 5.74) is 3.96. The van der Waals surface area contributed by atoms with Crippen molar-refractivity contribution in [1.82, 2.24) is 0 Å². The monoisotopic (exact) mass is 369 g/mol. The molecule has 0 radical (unpaired) electrons. The second-order valence-corrected chi connectivity index (χ2v) is 7.55. The molecule has 0 unspecified atom stereocenters. The molecule has 2 N–H and O–H groups in total. The SMILES string of the molecule is COc1cc2c(cc1OC)C1(CCCC1)C[NH2+][C@H]2c1ccc([N+](=O)[O-])cc1. The molecule has 27 heavy (non-hydrogen) atoms. The van der Waals surface area contributed by atoms with E-state index in [9.17, 15) is 10.1 Å². The van der Waals surface area contributed by atoms with E-state index in [0.29, 0.717) is 0 Å². The van der Waals surface area contributed by atoms with Gasteiger partial charge in [-0.15, -0.1) is 0 Å². The Morgan fingerprint density at radius 2 is 1.70 bits per heavy atom. The minimum absolute atomic E-state index is 0.104. The van der Waals surface area contributed by atoms with Crippen LogP contribution >= 0.6 is 0 Å². The maximum atomic E-state index is 11.0. The van der Waals surface area contributed by atoms with Gasteiger partial charge < -0.3 is 14.8 Å². The predicted molar refractivity (Wildman–Crippen MR) is 101 cm³/mol. The van der Waals surface area contributed by atoms with Crippen molar-refractivity contribution in [1.29, 1.82) is 0 Å². The number of nitrogens with two attached hydrogens (primary N) is 1. The zero-order chi connectivity index (χ0) is 19.0. The topological polar surface area (TPSA) is 78.2 Å². The Balaban J connectivity index is 1.83. The van der Waals surface area contributed by atoms with Crippen molar-refractivity contribution in [3.8, 4) is 11.5 Å². The van der Waals surface area contributed by atoms with Gasteiger partial charge in [0.05, 0.1) is 25.7 Å². The number of fused-ring (bicyclic) bond motifs is 2. The largest absolute Gasteiger partial charge is 0.493 e. The van der Waals surface area contributed by atoms with Gasteiger partial charge in [-0.05, 0) is 42.7 Å². The lowest BCUT2D eigenvalue weighted by atomic mass is 9.71. The highest BCUT2D eigenvalue weighted by atomic mass is 16.6. The summed E-state index contributed by atoms with van der Waals surface area (Å²) in [5, 5.41) is 13.4. The predicted octanol–water partition coefficient (Wildman–Crippen LogP) is 3.09. The van der Waals surface area contributed by atoms with Gasteiger partial charge in [-0.2, -0.15) is 0 Å². The fourth-order valence-electron chi connectivity index (χ4n) is 4.84. The number of hydrogen-bond acceptors (Lipinski definition) is 4. The summed E-state index contributed by atoms with van der Waals surface area (Å²) >= 11 is 0. The molecule has 1 aliphatic carbocycles. The summed E-state index contributed by atoms with van der Waals surface area (Å²) in [6, 6.07) is 11.3. The Bertz CT molecular complexity index is 857. The van der Waals surface area contributed by atoms with Crippen molar-refractivity contribution >= 4 is 5.69 Å². The third-order valence-electron chi connectivity index (χ3n) is 6.23. The van der Waals surface area contributed by atoms with Crippen LogP contribution in [0.25, 0.3) is 0 Å². The van der Waals surface area contributed by atoms with Gasteiger partial charge >= 0.3 is 0 Å². The van der Waals surface area contributed by atoms with Crippen LogP contribution < -0.4 is 14.8 Å². The molecule has 1 aliphatic heterocycles. The Kier molecular flexibility index (Phi) is 4.52. The number of benzene rings is 2. The number of methoxy groups -OCH3 is 2. The van der Waals surface area contributed by atoms with E-state index in [1.54, 1.807) is 26.4 Å². The van der Waals surface area contributed by atoms with Gasteiger partial charge in [-0.1, -0.05) is 12.8 Å². The van der Waals surface area contributed by atoms with Crippen LogP contribution in [0.1, 0.15) is 48.4 Å². The lowest BCUT2D eigenvalue weighted by Gasteiger charge is -2.38. The number of nitro groups is 1. The Morgan fingerprint density at radius 3 is 2.30 bits per heavy atom. The normalized spacial score (nSPS) is 20.3. The van der Waals surface area contributed by atoms with Crippen LogP contribution in [-0.4, -0.2) is 25.7 Å². The highest BCUT2D eigenvalue weighted by Crippen LogP contribution is 2.48. The number of quaternary nitrogens is 1. The van der Waals surface area contributed by atoms with E-state index in [2.05, 4.69) is 17.4 Å². The number of hydrogen-bond donors (Lipinski definition) is 1. The Hall–Kier alpha value is -2.60.